The van der Waals surface area contributed by atoms with Crippen molar-refractivity contribution in [3.8, 4) is 5.75 Å². The van der Waals surface area contributed by atoms with E-state index in [1.165, 1.54) is 24.1 Å². The molecular weight excluding hydrogens is 597 g/mol. The normalized spacial score (nSPS) is 12.4. The summed E-state index contributed by atoms with van der Waals surface area (Å²) in [5.74, 6) is -0.438. The van der Waals surface area contributed by atoms with E-state index in [9.17, 15) is 18.0 Å². The number of anilines is 1. The molecule has 0 radical (unpaired) electrons. The van der Waals surface area contributed by atoms with Crippen molar-refractivity contribution in [1.29, 1.82) is 0 Å². The van der Waals surface area contributed by atoms with Crippen molar-refractivity contribution < 1.29 is 22.7 Å². The van der Waals surface area contributed by atoms with Gasteiger partial charge in [0, 0.05) is 22.1 Å². The number of aryl methyl sites for hydroxylation is 1. The van der Waals surface area contributed by atoms with Crippen molar-refractivity contribution in [1.82, 2.24) is 10.2 Å². The summed E-state index contributed by atoms with van der Waals surface area (Å²) >= 11 is 12.6. The van der Waals surface area contributed by atoms with Gasteiger partial charge in [0.05, 0.1) is 17.7 Å². The number of sulfonamides is 1. The molecule has 0 spiro atoms. The Kier molecular flexibility index (Phi) is 10.9. The first-order chi connectivity index (χ1) is 19.7. The zero-order valence-electron chi connectivity index (χ0n) is 24.6. The summed E-state index contributed by atoms with van der Waals surface area (Å²) in [4.78, 5) is 29.0. The Hall–Kier alpha value is -3.27. The molecule has 226 valence electrons. The van der Waals surface area contributed by atoms with E-state index in [4.69, 9.17) is 27.9 Å². The smallest absolute Gasteiger partial charge is 0.264 e. The molecule has 0 aromatic heterocycles. The Labute approximate surface area is 258 Å². The molecule has 0 aliphatic carbocycles. The average molecular weight is 635 g/mol. The summed E-state index contributed by atoms with van der Waals surface area (Å²) in [6, 6.07) is 16.8. The van der Waals surface area contributed by atoms with Gasteiger partial charge < -0.3 is 15.0 Å². The molecule has 11 heteroatoms. The van der Waals surface area contributed by atoms with Crippen LogP contribution in [0, 0.1) is 6.92 Å². The fraction of sp³-hybridized carbons (Fsp3) is 0.355. The number of benzene rings is 3. The summed E-state index contributed by atoms with van der Waals surface area (Å²) in [5, 5.41) is 3.70. The Morgan fingerprint density at radius 2 is 1.60 bits per heavy atom. The highest BCUT2D eigenvalue weighted by Gasteiger charge is 2.35. The van der Waals surface area contributed by atoms with E-state index in [1.807, 2.05) is 27.7 Å². The van der Waals surface area contributed by atoms with Crippen molar-refractivity contribution in [3.63, 3.8) is 0 Å². The molecule has 0 saturated carbocycles. The number of halogens is 2. The molecule has 8 nitrogen and oxygen atoms in total. The highest BCUT2D eigenvalue weighted by molar-refractivity contribution is 7.92. The molecule has 1 atom stereocenters. The molecule has 3 aromatic carbocycles. The highest BCUT2D eigenvalue weighted by Crippen LogP contribution is 2.28. The van der Waals surface area contributed by atoms with Crippen LogP contribution in [0.5, 0.6) is 5.75 Å². The third kappa shape index (κ3) is 8.40. The maximum atomic E-state index is 14.2. The van der Waals surface area contributed by atoms with E-state index in [0.29, 0.717) is 27.0 Å². The molecule has 0 heterocycles. The van der Waals surface area contributed by atoms with Crippen molar-refractivity contribution in [3.05, 3.63) is 87.9 Å². The van der Waals surface area contributed by atoms with E-state index >= 15 is 0 Å². The first-order valence-corrected chi connectivity index (χ1v) is 15.6. The predicted octanol–water partition coefficient (Wildman–Crippen LogP) is 6.23. The van der Waals surface area contributed by atoms with Crippen LogP contribution >= 0.6 is 23.2 Å². The van der Waals surface area contributed by atoms with E-state index in [0.717, 1.165) is 9.87 Å². The molecule has 2 amide bonds. The van der Waals surface area contributed by atoms with Gasteiger partial charge in [-0.25, -0.2) is 8.42 Å². The number of carbonyl (C=O) groups is 2. The SMILES string of the molecule is CC[C@@H](C(=O)NC(C)(C)C)N(Cc1ccc(Cl)cc1Cl)C(=O)CN(c1ccc(C)cc1)S(=O)(=O)c1ccc(OC)cc1. The first kappa shape index (κ1) is 33.2. The maximum Gasteiger partial charge on any atom is 0.264 e. The molecule has 0 fully saturated rings. The zero-order chi connectivity index (χ0) is 31.2. The van der Waals surface area contributed by atoms with Gasteiger partial charge in [0.15, 0.2) is 0 Å². The zero-order valence-corrected chi connectivity index (χ0v) is 27.0. The van der Waals surface area contributed by atoms with Crippen LogP contribution in [0.3, 0.4) is 0 Å². The van der Waals surface area contributed by atoms with E-state index < -0.39 is 34.1 Å². The fourth-order valence-corrected chi connectivity index (χ4v) is 6.20. The molecule has 1 N–H and O–H groups in total. The third-order valence-corrected chi connectivity index (χ3v) is 8.86. The molecule has 0 saturated heterocycles. The van der Waals surface area contributed by atoms with E-state index in [-0.39, 0.29) is 23.8 Å². The summed E-state index contributed by atoms with van der Waals surface area (Å²) < 4.78 is 34.2. The molecule has 0 aliphatic rings. The number of carbonyl (C=O) groups excluding carboxylic acids is 2. The van der Waals surface area contributed by atoms with Crippen LogP contribution in [0.1, 0.15) is 45.2 Å². The molecule has 3 rings (SSSR count). The number of ether oxygens (including phenoxy) is 1. The van der Waals surface area contributed by atoms with Gasteiger partial charge in [-0.1, -0.05) is 53.9 Å². The number of nitrogens with one attached hydrogen (secondary N) is 1. The van der Waals surface area contributed by atoms with Crippen molar-refractivity contribution in [2.45, 2.75) is 64.1 Å². The number of amides is 2. The molecule has 0 aliphatic heterocycles. The van der Waals surface area contributed by atoms with Gasteiger partial charge in [0.25, 0.3) is 10.0 Å². The van der Waals surface area contributed by atoms with Crippen LogP contribution in [-0.2, 0) is 26.2 Å². The summed E-state index contributed by atoms with van der Waals surface area (Å²) in [5.41, 5.74) is 1.25. The molecular formula is C31H37Cl2N3O5S. The molecule has 3 aromatic rings. The second-order valence-electron chi connectivity index (χ2n) is 10.9. The Morgan fingerprint density at radius 3 is 2.12 bits per heavy atom. The number of methoxy groups -OCH3 is 1. The minimum absolute atomic E-state index is 0.0125. The number of hydrogen-bond donors (Lipinski definition) is 1. The second-order valence-corrected chi connectivity index (χ2v) is 13.6. The lowest BCUT2D eigenvalue weighted by molar-refractivity contribution is -0.141. The van der Waals surface area contributed by atoms with Crippen LogP contribution in [0.25, 0.3) is 0 Å². The number of rotatable bonds is 11. The average Bonchev–Trinajstić information content (AvgIpc) is 2.92. The minimum atomic E-state index is -4.20. The van der Waals surface area contributed by atoms with Gasteiger partial charge >= 0.3 is 0 Å². The molecule has 42 heavy (non-hydrogen) atoms. The van der Waals surface area contributed by atoms with Crippen LogP contribution in [-0.4, -0.2) is 50.4 Å². The van der Waals surface area contributed by atoms with Crippen molar-refractivity contribution in [2.24, 2.45) is 0 Å². The largest absolute Gasteiger partial charge is 0.497 e. The summed E-state index contributed by atoms with van der Waals surface area (Å²) in [6.45, 7) is 8.63. The minimum Gasteiger partial charge on any atom is -0.497 e. The lowest BCUT2D eigenvalue weighted by Gasteiger charge is -2.35. The van der Waals surface area contributed by atoms with E-state index in [2.05, 4.69) is 5.32 Å². The van der Waals surface area contributed by atoms with Crippen LogP contribution in [0.4, 0.5) is 5.69 Å². The first-order valence-electron chi connectivity index (χ1n) is 13.4. The number of nitrogens with zero attached hydrogens (tertiary/aromatic N) is 2. The van der Waals surface area contributed by atoms with Crippen LogP contribution in [0.2, 0.25) is 10.0 Å². The summed E-state index contributed by atoms with van der Waals surface area (Å²) in [6.07, 6.45) is 0.286. The highest BCUT2D eigenvalue weighted by atomic mass is 35.5. The number of hydrogen-bond acceptors (Lipinski definition) is 5. The Bertz CT molecular complexity index is 1510. The quantitative estimate of drug-likeness (QED) is 0.270. The Balaban J connectivity index is 2.09. The third-order valence-electron chi connectivity index (χ3n) is 6.49. The van der Waals surface area contributed by atoms with Gasteiger partial charge in [0.2, 0.25) is 11.8 Å². The van der Waals surface area contributed by atoms with Crippen LogP contribution in [0.15, 0.2) is 71.6 Å². The second kappa shape index (κ2) is 13.8. The lowest BCUT2D eigenvalue weighted by atomic mass is 10.1. The van der Waals surface area contributed by atoms with E-state index in [1.54, 1.807) is 61.5 Å². The lowest BCUT2D eigenvalue weighted by Crippen LogP contribution is -2.55. The maximum absolute atomic E-state index is 14.2. The van der Waals surface area contributed by atoms with Gasteiger partial charge in [-0.3, -0.25) is 13.9 Å². The standard InChI is InChI=1S/C31H37Cl2N3O5S/c1-7-28(30(38)34-31(3,4)5)35(19-22-10-11-23(32)18-27(22)33)29(37)20-36(24-12-8-21(2)9-13-24)42(39,40)26-16-14-25(41-6)15-17-26/h8-18,28H,7,19-20H2,1-6H3,(H,34,38)/t28-/m0/s1. The predicted molar refractivity (Wildman–Crippen MR) is 168 cm³/mol. The summed E-state index contributed by atoms with van der Waals surface area (Å²) in [7, 11) is -2.71. The van der Waals surface area contributed by atoms with Gasteiger partial charge in [-0.05, 0) is 88.2 Å². The van der Waals surface area contributed by atoms with Crippen molar-refractivity contribution in [2.75, 3.05) is 18.0 Å². The van der Waals surface area contributed by atoms with Gasteiger partial charge in [-0.15, -0.1) is 0 Å². The monoisotopic (exact) mass is 633 g/mol. The molecule has 0 bridgehead atoms. The van der Waals surface area contributed by atoms with Gasteiger partial charge in [-0.2, -0.15) is 0 Å². The van der Waals surface area contributed by atoms with Crippen LogP contribution < -0.4 is 14.4 Å². The van der Waals surface area contributed by atoms with Crippen molar-refractivity contribution >= 4 is 50.7 Å². The Morgan fingerprint density at radius 1 is 0.976 bits per heavy atom. The fourth-order valence-electron chi connectivity index (χ4n) is 4.32. The topological polar surface area (TPSA) is 96.0 Å². The van der Waals surface area contributed by atoms with Gasteiger partial charge in [0.1, 0.15) is 18.3 Å². The molecule has 0 unspecified atom stereocenters.